The zero-order chi connectivity index (χ0) is 15.4. The molecule has 0 amide bonds. The third-order valence-corrected chi connectivity index (χ3v) is 4.42. The number of hydrogen-bond acceptors (Lipinski definition) is 6. The van der Waals surface area contributed by atoms with Crippen LogP contribution < -0.4 is 0 Å². The van der Waals surface area contributed by atoms with Crippen molar-refractivity contribution in [2.24, 2.45) is 0 Å². The number of ether oxygens (including phenoxy) is 1. The molecule has 1 unspecified atom stereocenters. The van der Waals surface area contributed by atoms with E-state index in [0.29, 0.717) is 0 Å². The van der Waals surface area contributed by atoms with Gasteiger partial charge in [0, 0.05) is 0 Å². The maximum absolute atomic E-state index is 14.4. The first kappa shape index (κ1) is 16.0. The molecule has 0 fully saturated rings. The fourth-order valence-corrected chi connectivity index (χ4v) is 2.81. The highest BCUT2D eigenvalue weighted by molar-refractivity contribution is 7.92. The second kappa shape index (κ2) is 5.95. The van der Waals surface area contributed by atoms with E-state index in [1.165, 1.54) is 25.1 Å². The first-order valence-corrected chi connectivity index (χ1v) is 7.02. The molecular weight excluding hydrogens is 293 g/mol. The Hall–Kier alpha value is -2.03. The first-order valence-electron chi connectivity index (χ1n) is 5.54. The smallest absolute Gasteiger partial charge is 0.466 e. The lowest BCUT2D eigenvalue weighted by atomic mass is 10.4. The summed E-state index contributed by atoms with van der Waals surface area (Å²) in [6, 6.07) is 6.07. The van der Waals surface area contributed by atoms with Crippen LogP contribution in [0.5, 0.6) is 0 Å². The highest BCUT2D eigenvalue weighted by atomic mass is 32.2. The van der Waals surface area contributed by atoms with E-state index >= 15 is 0 Å². The van der Waals surface area contributed by atoms with Crippen molar-refractivity contribution in [2.45, 2.75) is 23.4 Å². The molecule has 0 aliphatic rings. The van der Waals surface area contributed by atoms with Crippen LogP contribution in [-0.2, 0) is 19.4 Å². The van der Waals surface area contributed by atoms with Crippen molar-refractivity contribution in [3.63, 3.8) is 0 Å². The predicted octanol–water partition coefficient (Wildman–Crippen LogP) is 1.31. The second-order valence-electron chi connectivity index (χ2n) is 3.74. The third kappa shape index (κ3) is 2.93. The van der Waals surface area contributed by atoms with Crippen LogP contribution in [0.2, 0.25) is 0 Å². The van der Waals surface area contributed by atoms with Crippen LogP contribution in [0.1, 0.15) is 13.3 Å². The normalized spacial score (nSPS) is 14.3. The molecule has 1 aromatic rings. The summed E-state index contributed by atoms with van der Waals surface area (Å²) in [6.07, 6.45) is -1.51. The number of carbonyl (C=O) groups is 1. The molecule has 9 heteroatoms. The van der Waals surface area contributed by atoms with Gasteiger partial charge in [-0.3, -0.25) is 14.9 Å². The maximum atomic E-state index is 14.4. The lowest BCUT2D eigenvalue weighted by molar-refractivity contribution is -0.572. The van der Waals surface area contributed by atoms with Crippen LogP contribution in [0.15, 0.2) is 35.2 Å². The minimum absolute atomic E-state index is 0.141. The van der Waals surface area contributed by atoms with Gasteiger partial charge in [-0.05, 0) is 19.1 Å². The molecule has 7 nitrogen and oxygen atoms in total. The molecule has 0 saturated heterocycles. The Bertz CT molecular complexity index is 603. The van der Waals surface area contributed by atoms with Crippen molar-refractivity contribution >= 4 is 15.8 Å². The zero-order valence-electron chi connectivity index (χ0n) is 10.5. The molecule has 0 aromatic heterocycles. The van der Waals surface area contributed by atoms with Crippen LogP contribution in [0.4, 0.5) is 4.39 Å². The zero-order valence-corrected chi connectivity index (χ0v) is 11.3. The van der Waals surface area contributed by atoms with Crippen LogP contribution in [0.25, 0.3) is 0 Å². The van der Waals surface area contributed by atoms with E-state index in [2.05, 4.69) is 4.74 Å². The predicted molar refractivity (Wildman–Crippen MR) is 65.7 cm³/mol. The topological polar surface area (TPSA) is 104 Å². The molecule has 0 N–H and O–H groups in total. The fraction of sp³-hybridized carbons (Fsp3) is 0.364. The van der Waals surface area contributed by atoms with E-state index in [1.54, 1.807) is 0 Å². The van der Waals surface area contributed by atoms with Gasteiger partial charge in [-0.1, -0.05) is 18.2 Å². The number of nitro groups is 1. The Morgan fingerprint density at radius 2 is 1.95 bits per heavy atom. The maximum Gasteiger partial charge on any atom is 0.472 e. The Labute approximate surface area is 114 Å². The Morgan fingerprint density at radius 3 is 2.40 bits per heavy atom. The van der Waals surface area contributed by atoms with Crippen molar-refractivity contribution in [1.82, 2.24) is 0 Å². The van der Waals surface area contributed by atoms with Gasteiger partial charge in [0.1, 0.15) is 0 Å². The van der Waals surface area contributed by atoms with Gasteiger partial charge in [-0.25, -0.2) is 8.42 Å². The Balaban J connectivity index is 3.26. The van der Waals surface area contributed by atoms with Crippen LogP contribution in [-0.4, -0.2) is 31.0 Å². The van der Waals surface area contributed by atoms with E-state index < -0.39 is 37.2 Å². The van der Waals surface area contributed by atoms with E-state index in [0.717, 1.165) is 12.1 Å². The molecule has 0 bridgehead atoms. The van der Waals surface area contributed by atoms with Crippen LogP contribution in [0.3, 0.4) is 0 Å². The first-order chi connectivity index (χ1) is 9.25. The molecule has 0 aliphatic carbocycles. The molecule has 1 rings (SSSR count). The number of esters is 1. The van der Waals surface area contributed by atoms with Gasteiger partial charge in [0.2, 0.25) is 0 Å². The fourth-order valence-electron chi connectivity index (χ4n) is 1.43. The van der Waals surface area contributed by atoms with E-state index in [4.69, 9.17) is 0 Å². The summed E-state index contributed by atoms with van der Waals surface area (Å²) in [5.41, 5.74) is 0. The minimum atomic E-state index is -4.98. The van der Waals surface area contributed by atoms with Gasteiger partial charge in [0.25, 0.3) is 9.84 Å². The number of nitrogens with zero attached hydrogens (tertiary/aromatic N) is 1. The van der Waals surface area contributed by atoms with E-state index in [-0.39, 0.29) is 6.61 Å². The van der Waals surface area contributed by atoms with E-state index in [1.807, 2.05) is 0 Å². The summed E-state index contributed by atoms with van der Waals surface area (Å²) < 4.78 is 42.8. The Kier molecular flexibility index (Phi) is 4.77. The molecule has 20 heavy (non-hydrogen) atoms. The monoisotopic (exact) mass is 305 g/mol. The van der Waals surface area contributed by atoms with Gasteiger partial charge < -0.3 is 4.74 Å². The minimum Gasteiger partial charge on any atom is -0.466 e. The molecule has 0 spiro atoms. The molecule has 0 heterocycles. The molecular formula is C11H12FNO6S. The lowest BCUT2D eigenvalue weighted by Gasteiger charge is -2.16. The van der Waals surface area contributed by atoms with Crippen molar-refractivity contribution in [2.75, 3.05) is 6.61 Å². The summed E-state index contributed by atoms with van der Waals surface area (Å²) in [7, 11) is -4.98. The van der Waals surface area contributed by atoms with Gasteiger partial charge in [-0.2, -0.15) is 0 Å². The lowest BCUT2D eigenvalue weighted by Crippen LogP contribution is -2.44. The average molecular weight is 305 g/mol. The van der Waals surface area contributed by atoms with Gasteiger partial charge in [0.15, 0.2) is 6.42 Å². The summed E-state index contributed by atoms with van der Waals surface area (Å²) in [6.45, 7) is 1.27. The van der Waals surface area contributed by atoms with Gasteiger partial charge in [0.05, 0.1) is 16.4 Å². The Morgan fingerprint density at radius 1 is 1.40 bits per heavy atom. The average Bonchev–Trinajstić information content (AvgIpc) is 2.39. The SMILES string of the molecule is CCOC(=O)CC(F)([N+](=O)[O-])S(=O)(=O)c1ccccc1. The van der Waals surface area contributed by atoms with Crippen molar-refractivity contribution in [3.8, 4) is 0 Å². The highest BCUT2D eigenvalue weighted by Gasteiger charge is 2.59. The van der Waals surface area contributed by atoms with Crippen molar-refractivity contribution in [1.29, 1.82) is 0 Å². The number of sulfone groups is 1. The molecule has 0 aliphatic heterocycles. The summed E-state index contributed by atoms with van der Waals surface area (Å²) >= 11 is 0. The van der Waals surface area contributed by atoms with Crippen molar-refractivity contribution in [3.05, 3.63) is 40.4 Å². The molecule has 1 aromatic carbocycles. The van der Waals surface area contributed by atoms with Gasteiger partial charge >= 0.3 is 11.1 Å². The largest absolute Gasteiger partial charge is 0.472 e. The van der Waals surface area contributed by atoms with Crippen molar-refractivity contribution < 1.29 is 27.3 Å². The second-order valence-corrected chi connectivity index (χ2v) is 5.85. The molecule has 110 valence electrons. The van der Waals surface area contributed by atoms with Crippen LogP contribution >= 0.6 is 0 Å². The van der Waals surface area contributed by atoms with E-state index in [9.17, 15) is 27.7 Å². The summed E-state index contributed by atoms with van der Waals surface area (Å²) in [4.78, 5) is 19.8. The van der Waals surface area contributed by atoms with Gasteiger partial charge in [-0.15, -0.1) is 4.39 Å². The summed E-state index contributed by atoms with van der Waals surface area (Å²) in [5, 5.41) is 6.87. The molecule has 0 radical (unpaired) electrons. The quantitative estimate of drug-likeness (QED) is 0.340. The number of benzene rings is 1. The molecule has 0 saturated carbocycles. The summed E-state index contributed by atoms with van der Waals surface area (Å²) in [5.74, 6) is -1.30. The number of hydrogen-bond donors (Lipinski definition) is 0. The third-order valence-electron chi connectivity index (χ3n) is 2.41. The standard InChI is InChI=1S/C11H12FNO6S/c1-2-19-10(14)8-11(12,13(15)16)20(17,18)9-6-4-3-5-7-9/h3-7H,2,8H2,1H3. The van der Waals surface area contributed by atoms with Crippen LogP contribution in [0, 0.1) is 10.1 Å². The molecule has 1 atom stereocenters. The number of carbonyl (C=O) groups excluding carboxylic acids is 1. The number of rotatable bonds is 6. The number of halogens is 1. The number of alkyl halides is 1. The highest BCUT2D eigenvalue weighted by Crippen LogP contribution is 2.31.